The van der Waals surface area contributed by atoms with Crippen LogP contribution in [0.3, 0.4) is 0 Å². The quantitative estimate of drug-likeness (QED) is 0.771. The zero-order valence-electron chi connectivity index (χ0n) is 12.6. The summed E-state index contributed by atoms with van der Waals surface area (Å²) in [5, 5.41) is 2.93. The van der Waals surface area contributed by atoms with Gasteiger partial charge >= 0.3 is 6.03 Å². The Hall–Kier alpha value is -0.810. The van der Waals surface area contributed by atoms with Gasteiger partial charge in [-0.2, -0.15) is 0 Å². The molecule has 5 heteroatoms. The summed E-state index contributed by atoms with van der Waals surface area (Å²) in [6.45, 7) is 10.6. The van der Waals surface area contributed by atoms with E-state index in [1.54, 1.807) is 0 Å². The Labute approximate surface area is 116 Å². The molecule has 2 amide bonds. The lowest BCUT2D eigenvalue weighted by atomic mass is 10.2. The van der Waals surface area contributed by atoms with E-state index in [2.05, 4.69) is 5.32 Å². The molecule has 2 unspecified atom stereocenters. The smallest absolute Gasteiger partial charge is 0.317 e. The highest BCUT2D eigenvalue weighted by molar-refractivity contribution is 5.74. The molecular formula is C14H28N2O3. The largest absolute Gasteiger partial charge is 0.377 e. The van der Waals surface area contributed by atoms with Crippen molar-refractivity contribution in [2.24, 2.45) is 0 Å². The van der Waals surface area contributed by atoms with Gasteiger partial charge in [0.1, 0.15) is 0 Å². The first kappa shape index (κ1) is 16.2. The van der Waals surface area contributed by atoms with Gasteiger partial charge in [-0.3, -0.25) is 0 Å². The molecule has 1 aliphatic rings. The Morgan fingerprint density at radius 3 is 2.74 bits per heavy atom. The predicted molar refractivity (Wildman–Crippen MR) is 75.3 cm³/mol. The molecule has 1 aliphatic heterocycles. The number of rotatable bonds is 7. The van der Waals surface area contributed by atoms with Crippen molar-refractivity contribution < 1.29 is 14.3 Å². The van der Waals surface area contributed by atoms with Gasteiger partial charge < -0.3 is 19.7 Å². The van der Waals surface area contributed by atoms with Crippen molar-refractivity contribution in [1.29, 1.82) is 0 Å². The maximum absolute atomic E-state index is 12.1. The molecule has 1 fully saturated rings. The van der Waals surface area contributed by atoms with E-state index < -0.39 is 0 Å². The van der Waals surface area contributed by atoms with E-state index in [1.165, 1.54) is 0 Å². The molecule has 0 bridgehead atoms. The van der Waals surface area contributed by atoms with E-state index in [1.807, 2.05) is 32.6 Å². The van der Waals surface area contributed by atoms with E-state index >= 15 is 0 Å². The Morgan fingerprint density at radius 2 is 2.11 bits per heavy atom. The van der Waals surface area contributed by atoms with Crippen molar-refractivity contribution in [2.45, 2.75) is 58.8 Å². The predicted octanol–water partition coefficient (Wildman–Crippen LogP) is 2.01. The minimum atomic E-state index is 0.00130. The first-order valence-corrected chi connectivity index (χ1v) is 7.32. The van der Waals surface area contributed by atoms with E-state index in [-0.39, 0.29) is 24.3 Å². The number of amides is 2. The van der Waals surface area contributed by atoms with Crippen LogP contribution in [-0.2, 0) is 9.47 Å². The highest BCUT2D eigenvalue weighted by atomic mass is 16.5. The van der Waals surface area contributed by atoms with E-state index in [4.69, 9.17) is 9.47 Å². The SMILES string of the molecule is CCOC(C)CNC(=O)N1CCCC1COC(C)C. The molecular weight excluding hydrogens is 244 g/mol. The Balaban J connectivity index is 2.33. The van der Waals surface area contributed by atoms with Crippen molar-refractivity contribution in [3.63, 3.8) is 0 Å². The zero-order valence-corrected chi connectivity index (χ0v) is 12.6. The van der Waals surface area contributed by atoms with Crippen LogP contribution >= 0.6 is 0 Å². The first-order chi connectivity index (χ1) is 9.04. The summed E-state index contributed by atoms with van der Waals surface area (Å²) in [5.74, 6) is 0. The third-order valence-corrected chi connectivity index (χ3v) is 3.25. The van der Waals surface area contributed by atoms with Crippen LogP contribution in [0.2, 0.25) is 0 Å². The maximum Gasteiger partial charge on any atom is 0.317 e. The fourth-order valence-electron chi connectivity index (χ4n) is 2.26. The van der Waals surface area contributed by atoms with Crippen molar-refractivity contribution in [1.82, 2.24) is 10.2 Å². The minimum absolute atomic E-state index is 0.00130. The highest BCUT2D eigenvalue weighted by Gasteiger charge is 2.29. The number of hydrogen-bond donors (Lipinski definition) is 1. The monoisotopic (exact) mass is 272 g/mol. The van der Waals surface area contributed by atoms with Crippen LogP contribution in [0.4, 0.5) is 4.79 Å². The highest BCUT2D eigenvalue weighted by Crippen LogP contribution is 2.18. The standard InChI is InChI=1S/C14H28N2O3/c1-5-18-12(4)9-15-14(17)16-8-6-7-13(16)10-19-11(2)3/h11-13H,5-10H2,1-4H3,(H,15,17). The van der Waals surface area contributed by atoms with Gasteiger partial charge in [0.15, 0.2) is 0 Å². The summed E-state index contributed by atoms with van der Waals surface area (Å²) >= 11 is 0. The first-order valence-electron chi connectivity index (χ1n) is 7.32. The summed E-state index contributed by atoms with van der Waals surface area (Å²) in [7, 11) is 0. The number of nitrogens with zero attached hydrogens (tertiary/aromatic N) is 1. The third kappa shape index (κ3) is 5.78. The second kappa shape index (κ2) is 8.38. The number of likely N-dealkylation sites (tertiary alicyclic amines) is 1. The third-order valence-electron chi connectivity index (χ3n) is 3.25. The van der Waals surface area contributed by atoms with Crippen LogP contribution in [0.25, 0.3) is 0 Å². The minimum Gasteiger partial charge on any atom is -0.377 e. The van der Waals surface area contributed by atoms with Gasteiger partial charge in [0, 0.05) is 19.7 Å². The van der Waals surface area contributed by atoms with Crippen LogP contribution in [0, 0.1) is 0 Å². The van der Waals surface area contributed by atoms with Gasteiger partial charge in [-0.05, 0) is 40.5 Å². The van der Waals surface area contributed by atoms with Crippen LogP contribution in [-0.4, -0.2) is 55.5 Å². The number of urea groups is 1. The molecule has 112 valence electrons. The van der Waals surface area contributed by atoms with Gasteiger partial charge in [-0.15, -0.1) is 0 Å². The van der Waals surface area contributed by atoms with Gasteiger partial charge in [-0.25, -0.2) is 4.79 Å². The molecule has 0 spiro atoms. The number of nitrogens with one attached hydrogen (secondary N) is 1. The van der Waals surface area contributed by atoms with E-state index in [0.717, 1.165) is 19.4 Å². The molecule has 1 rings (SSSR count). The average Bonchev–Trinajstić information content (AvgIpc) is 2.82. The van der Waals surface area contributed by atoms with Gasteiger partial charge in [0.05, 0.1) is 24.9 Å². The Morgan fingerprint density at radius 1 is 1.37 bits per heavy atom. The molecule has 0 aromatic carbocycles. The van der Waals surface area contributed by atoms with Crippen molar-refractivity contribution >= 4 is 6.03 Å². The molecule has 0 saturated carbocycles. The molecule has 2 atom stereocenters. The Kier molecular flexibility index (Phi) is 7.16. The van der Waals surface area contributed by atoms with Crippen LogP contribution < -0.4 is 5.32 Å². The molecule has 5 nitrogen and oxygen atoms in total. The number of hydrogen-bond acceptors (Lipinski definition) is 3. The summed E-state index contributed by atoms with van der Waals surface area (Å²) in [6.07, 6.45) is 2.35. The fourth-order valence-corrected chi connectivity index (χ4v) is 2.26. The summed E-state index contributed by atoms with van der Waals surface area (Å²) in [5.41, 5.74) is 0. The zero-order chi connectivity index (χ0) is 14.3. The molecule has 19 heavy (non-hydrogen) atoms. The van der Waals surface area contributed by atoms with Gasteiger partial charge in [0.2, 0.25) is 0 Å². The van der Waals surface area contributed by atoms with Gasteiger partial charge in [0.25, 0.3) is 0 Å². The molecule has 0 aromatic rings. The lowest BCUT2D eigenvalue weighted by Crippen LogP contribution is -2.46. The molecule has 1 saturated heterocycles. The van der Waals surface area contributed by atoms with Crippen molar-refractivity contribution in [3.05, 3.63) is 0 Å². The van der Waals surface area contributed by atoms with Gasteiger partial charge in [-0.1, -0.05) is 0 Å². The van der Waals surface area contributed by atoms with Crippen molar-refractivity contribution in [3.8, 4) is 0 Å². The van der Waals surface area contributed by atoms with E-state index in [9.17, 15) is 4.79 Å². The topological polar surface area (TPSA) is 50.8 Å². The normalized spacial score (nSPS) is 20.9. The molecule has 1 heterocycles. The lowest BCUT2D eigenvalue weighted by molar-refractivity contribution is 0.0432. The second-order valence-corrected chi connectivity index (χ2v) is 5.32. The fraction of sp³-hybridized carbons (Fsp3) is 0.929. The number of carbonyl (C=O) groups is 1. The van der Waals surface area contributed by atoms with Crippen LogP contribution in [0.1, 0.15) is 40.5 Å². The number of carbonyl (C=O) groups excluding carboxylic acids is 1. The van der Waals surface area contributed by atoms with Crippen LogP contribution in [0.15, 0.2) is 0 Å². The lowest BCUT2D eigenvalue weighted by Gasteiger charge is -2.26. The van der Waals surface area contributed by atoms with Crippen LogP contribution in [0.5, 0.6) is 0 Å². The number of ether oxygens (including phenoxy) is 2. The summed E-state index contributed by atoms with van der Waals surface area (Å²) < 4.78 is 11.0. The van der Waals surface area contributed by atoms with Crippen molar-refractivity contribution in [2.75, 3.05) is 26.3 Å². The Bertz CT molecular complexity index is 271. The summed E-state index contributed by atoms with van der Waals surface area (Å²) in [4.78, 5) is 14.0. The molecule has 0 aliphatic carbocycles. The average molecular weight is 272 g/mol. The molecule has 0 radical (unpaired) electrons. The van der Waals surface area contributed by atoms with E-state index in [0.29, 0.717) is 19.8 Å². The maximum atomic E-state index is 12.1. The second-order valence-electron chi connectivity index (χ2n) is 5.32. The molecule has 0 aromatic heterocycles. The molecule has 1 N–H and O–H groups in total. The summed E-state index contributed by atoms with van der Waals surface area (Å²) in [6, 6.07) is 0.214.